The van der Waals surface area contributed by atoms with Gasteiger partial charge in [-0.25, -0.2) is 0 Å². The SMILES string of the molecule is C=C(C)NCCCC(C(=O)C1CCCC1C(=O)CNC(C)=O)C1CC(C)CC(CC(=O)C(COC(C)(C)C)NC(=O)C(CC(=O)C(CO)NC(=O)C(Cc2c[nH]c3ccccc23)C2C(=O)C(NC(=O)C3CCC(=O)C3)CC3=CCCC32)Cc2ccc(O)cc2)C1=O. The minimum Gasteiger partial charge on any atom is -0.508 e. The van der Waals surface area contributed by atoms with E-state index < -0.39 is 119 Å². The van der Waals surface area contributed by atoms with Crippen LogP contribution in [-0.2, 0) is 70.3 Å². The molecule has 0 bridgehead atoms. The number of amides is 4. The lowest BCUT2D eigenvalue weighted by Gasteiger charge is -2.39. The molecule has 1 heterocycles. The number of Topliss-reactive ketones (excluding diaryl/α,β-unsaturated/α-hetero) is 7. The number of para-hydroxylation sites is 1. The highest BCUT2D eigenvalue weighted by Crippen LogP contribution is 2.46. The van der Waals surface area contributed by atoms with E-state index in [2.05, 4.69) is 38.1 Å². The van der Waals surface area contributed by atoms with Crippen LogP contribution in [0.2, 0.25) is 0 Å². The second kappa shape index (κ2) is 31.2. The number of carbonyl (C=O) groups is 11. The first kappa shape index (κ1) is 69.4. The number of hydrogen-bond donors (Lipinski definition) is 8. The van der Waals surface area contributed by atoms with Gasteiger partial charge in [0.25, 0.3) is 0 Å². The highest BCUT2D eigenvalue weighted by Gasteiger charge is 2.51. The van der Waals surface area contributed by atoms with Gasteiger partial charge in [-0.15, -0.1) is 0 Å². The smallest absolute Gasteiger partial charge is 0.224 e. The first-order valence-electron chi connectivity index (χ1n) is 32.8. The number of ether oxygens (including phenoxy) is 1. The molecule has 0 radical (unpaired) electrons. The van der Waals surface area contributed by atoms with Crippen molar-refractivity contribution in [1.29, 1.82) is 0 Å². The fourth-order valence-corrected chi connectivity index (χ4v) is 14.9. The molecule has 8 N–H and O–H groups in total. The molecular formula is C71H94N6O14. The molecule has 0 aliphatic heterocycles. The Kier molecular flexibility index (Phi) is 23.8. The Labute approximate surface area is 533 Å². The molecule has 8 rings (SSSR count). The fourth-order valence-electron chi connectivity index (χ4n) is 14.9. The lowest BCUT2D eigenvalue weighted by atomic mass is 9.65. The molecule has 0 saturated heterocycles. The van der Waals surface area contributed by atoms with E-state index in [1.165, 1.54) is 19.1 Å². The molecule has 91 heavy (non-hydrogen) atoms. The van der Waals surface area contributed by atoms with Crippen LogP contribution in [-0.4, -0.2) is 129 Å². The molecule has 1 aromatic heterocycles. The van der Waals surface area contributed by atoms with E-state index >= 15 is 14.4 Å². The van der Waals surface area contributed by atoms with Crippen molar-refractivity contribution in [3.8, 4) is 5.75 Å². The van der Waals surface area contributed by atoms with E-state index in [0.717, 1.165) is 27.7 Å². The van der Waals surface area contributed by atoms with E-state index in [4.69, 9.17) is 4.74 Å². The molecule has 4 saturated carbocycles. The quantitative estimate of drug-likeness (QED) is 0.0242. The Balaban J connectivity index is 1.03. The summed E-state index contributed by atoms with van der Waals surface area (Å²) in [6, 6.07) is 9.65. The van der Waals surface area contributed by atoms with Gasteiger partial charge in [-0.1, -0.05) is 61.9 Å². The highest BCUT2D eigenvalue weighted by molar-refractivity contribution is 6.01. The summed E-state index contributed by atoms with van der Waals surface area (Å²) in [6.07, 6.45) is 8.38. The van der Waals surface area contributed by atoms with E-state index in [-0.39, 0.29) is 104 Å². The molecule has 4 fully saturated rings. The highest BCUT2D eigenvalue weighted by atomic mass is 16.5. The van der Waals surface area contributed by atoms with Crippen LogP contribution in [0.5, 0.6) is 5.75 Å². The number of nitrogens with one attached hydrogen (secondary N) is 6. The number of fused-ring (bicyclic) bond motifs is 2. The number of aliphatic hydroxyl groups is 1. The standard InChI is InChI=1S/C71H94N6O14/c1-39(2)72-26-12-18-54(66(86)53-17-11-16-52(53)63(84)36-73-41(4)79)55-28-40(3)27-45(65(55)85)33-62(83)60(38-91-71(5,6)7)77-69(89)46(29-42-20-23-48(80)24-21-42)34-61(82)59(37-78)76-70(90)56(31-47-35-74-57-19-9-8-14-50(47)57)64-51-15-10-13-43(51)32-58(67(64)87)75-68(88)44-22-25-49(81)30-44/h8-9,13-14,19-21,23-24,35,40,44-46,51-56,58-60,64,72,74,78,80H,1,10-12,15-18,22,25-34,36-38H2,2-7H3,(H,73,79)(H,75,88)(H,76,90)(H,77,89). The lowest BCUT2D eigenvalue weighted by molar-refractivity contribution is -0.143. The van der Waals surface area contributed by atoms with Crippen molar-refractivity contribution in [3.63, 3.8) is 0 Å². The maximum atomic E-state index is 15.2. The van der Waals surface area contributed by atoms with Crippen molar-refractivity contribution >= 4 is 75.0 Å². The van der Waals surface area contributed by atoms with Crippen molar-refractivity contribution in [2.75, 3.05) is 26.3 Å². The predicted molar refractivity (Wildman–Crippen MR) is 340 cm³/mol. The Hall–Kier alpha value is -7.45. The summed E-state index contributed by atoms with van der Waals surface area (Å²) in [4.78, 5) is 159. The monoisotopic (exact) mass is 1250 g/mol. The minimum absolute atomic E-state index is 0.0196. The number of aliphatic hydroxyl groups excluding tert-OH is 1. The third-order valence-corrected chi connectivity index (χ3v) is 19.6. The van der Waals surface area contributed by atoms with Crippen LogP contribution in [0.1, 0.15) is 149 Å². The number of hydrogen-bond acceptors (Lipinski definition) is 15. The van der Waals surface area contributed by atoms with Crippen LogP contribution in [0.25, 0.3) is 10.9 Å². The number of phenolic OH excluding ortho intramolecular Hbond substituents is 1. The summed E-state index contributed by atoms with van der Waals surface area (Å²) in [6.45, 7) is 13.5. The van der Waals surface area contributed by atoms with Gasteiger partial charge in [-0.2, -0.15) is 0 Å². The second-order valence-corrected chi connectivity index (χ2v) is 27.6. The molecule has 492 valence electrons. The number of rotatable bonds is 31. The summed E-state index contributed by atoms with van der Waals surface area (Å²) in [7, 11) is 0. The molecule has 0 spiro atoms. The van der Waals surface area contributed by atoms with Crippen LogP contribution in [0.3, 0.4) is 0 Å². The zero-order valence-corrected chi connectivity index (χ0v) is 53.7. The number of aromatic nitrogens is 1. The van der Waals surface area contributed by atoms with Crippen molar-refractivity contribution in [1.82, 2.24) is 31.6 Å². The first-order valence-corrected chi connectivity index (χ1v) is 32.8. The Bertz CT molecular complexity index is 3250. The number of aromatic hydroxyl groups is 1. The second-order valence-electron chi connectivity index (χ2n) is 27.6. The van der Waals surface area contributed by atoms with E-state index in [0.29, 0.717) is 76.3 Å². The van der Waals surface area contributed by atoms with Gasteiger partial charge in [0.1, 0.15) is 35.2 Å². The van der Waals surface area contributed by atoms with Crippen LogP contribution in [0.4, 0.5) is 0 Å². The molecular weight excluding hydrogens is 1160 g/mol. The molecule has 20 nitrogen and oxygen atoms in total. The maximum absolute atomic E-state index is 15.2. The summed E-state index contributed by atoms with van der Waals surface area (Å²) >= 11 is 0. The molecule has 14 unspecified atom stereocenters. The zero-order valence-electron chi connectivity index (χ0n) is 53.7. The van der Waals surface area contributed by atoms with Gasteiger partial charge in [0.05, 0.1) is 37.3 Å². The van der Waals surface area contributed by atoms with E-state index in [1.54, 1.807) is 39.1 Å². The molecule has 5 aliphatic rings. The number of carbonyl (C=O) groups excluding carboxylic acids is 11. The average Bonchev–Trinajstić information content (AvgIpc) is 1.77. The minimum atomic E-state index is -1.57. The number of phenols is 1. The van der Waals surface area contributed by atoms with Crippen LogP contribution >= 0.6 is 0 Å². The molecule has 3 aromatic rings. The summed E-state index contributed by atoms with van der Waals surface area (Å²) in [5.74, 6) is -12.3. The third kappa shape index (κ3) is 18.2. The fraction of sp³-hybridized carbons (Fsp3) is 0.592. The van der Waals surface area contributed by atoms with Gasteiger partial charge in [-0.3, -0.25) is 52.7 Å². The number of allylic oxidation sites excluding steroid dienone is 2. The topological polar surface area (TPSA) is 313 Å². The summed E-state index contributed by atoms with van der Waals surface area (Å²) in [5, 5.41) is 36.5. The Morgan fingerprint density at radius 1 is 0.813 bits per heavy atom. The van der Waals surface area contributed by atoms with Gasteiger partial charge >= 0.3 is 0 Å². The van der Waals surface area contributed by atoms with Crippen LogP contribution in [0, 0.1) is 65.1 Å². The molecule has 4 amide bonds. The lowest BCUT2D eigenvalue weighted by Crippen LogP contribution is -2.56. The normalized spacial score (nSPS) is 24.9. The van der Waals surface area contributed by atoms with E-state index in [1.807, 2.05) is 44.2 Å². The van der Waals surface area contributed by atoms with Crippen molar-refractivity contribution in [2.24, 2.45) is 65.1 Å². The average molecular weight is 1260 g/mol. The summed E-state index contributed by atoms with van der Waals surface area (Å²) in [5.41, 5.74) is 2.94. The Morgan fingerprint density at radius 3 is 2.23 bits per heavy atom. The van der Waals surface area contributed by atoms with Crippen LogP contribution in [0.15, 0.2) is 78.7 Å². The van der Waals surface area contributed by atoms with Crippen LogP contribution < -0.4 is 26.6 Å². The van der Waals surface area contributed by atoms with Crippen molar-refractivity contribution in [2.45, 2.75) is 174 Å². The number of benzene rings is 2. The van der Waals surface area contributed by atoms with Gasteiger partial charge in [0.2, 0.25) is 23.6 Å². The van der Waals surface area contributed by atoms with E-state index in [9.17, 15) is 48.6 Å². The molecule has 2 aromatic carbocycles. The third-order valence-electron chi connectivity index (χ3n) is 19.6. The van der Waals surface area contributed by atoms with Gasteiger partial charge in [-0.05, 0) is 146 Å². The zero-order chi connectivity index (χ0) is 65.8. The molecule has 5 aliphatic carbocycles. The Morgan fingerprint density at radius 2 is 1.54 bits per heavy atom. The number of ketones is 7. The largest absolute Gasteiger partial charge is 0.508 e. The van der Waals surface area contributed by atoms with Crippen molar-refractivity contribution in [3.05, 3.63) is 89.8 Å². The number of H-pyrrole nitrogens is 1. The number of aromatic amines is 1. The van der Waals surface area contributed by atoms with Gasteiger partial charge in [0, 0.05) is 109 Å². The van der Waals surface area contributed by atoms with Gasteiger partial charge < -0.3 is 46.5 Å². The summed E-state index contributed by atoms with van der Waals surface area (Å²) < 4.78 is 6.18. The molecule has 14 atom stereocenters. The van der Waals surface area contributed by atoms with Gasteiger partial charge in [0.15, 0.2) is 23.1 Å². The maximum Gasteiger partial charge on any atom is 0.224 e. The predicted octanol–water partition coefficient (Wildman–Crippen LogP) is 6.81. The first-order chi connectivity index (χ1) is 43.3. The molecule has 20 heteroatoms. The van der Waals surface area contributed by atoms with Crippen molar-refractivity contribution < 1.29 is 67.7 Å².